The Kier molecular flexibility index (Phi) is 9.07. The molecule has 2 amide bonds. The maximum Gasteiger partial charge on any atom is 0.251 e. The average molecular weight is 367 g/mol. The van der Waals surface area contributed by atoms with Gasteiger partial charge in [-0.15, -0.1) is 0 Å². The number of hydrogen-bond donors (Lipinski definition) is 2. The van der Waals surface area contributed by atoms with Crippen molar-refractivity contribution in [2.75, 3.05) is 26.7 Å². The van der Waals surface area contributed by atoms with E-state index in [1.54, 1.807) is 12.1 Å². The third kappa shape index (κ3) is 8.51. The van der Waals surface area contributed by atoms with E-state index in [2.05, 4.69) is 34.7 Å². The maximum absolute atomic E-state index is 11.9. The number of amides is 2. The summed E-state index contributed by atoms with van der Waals surface area (Å²) in [5.74, 6) is -0.0628. The topological polar surface area (TPSA) is 61.4 Å². The van der Waals surface area contributed by atoms with Gasteiger partial charge in [0.1, 0.15) is 0 Å². The van der Waals surface area contributed by atoms with Gasteiger partial charge in [-0.3, -0.25) is 9.59 Å². The van der Waals surface area contributed by atoms with E-state index in [4.69, 9.17) is 0 Å². The molecule has 0 bridgehead atoms. The molecule has 27 heavy (non-hydrogen) atoms. The highest BCUT2D eigenvalue weighted by Gasteiger charge is 2.05. The summed E-state index contributed by atoms with van der Waals surface area (Å²) in [6.07, 6.45) is 1.98. The molecule has 0 atom stereocenters. The van der Waals surface area contributed by atoms with E-state index < -0.39 is 0 Å². The molecule has 5 heteroatoms. The molecule has 0 aliphatic carbocycles. The minimum absolute atomic E-state index is 0.0367. The normalized spacial score (nSPS) is 10.6. The molecule has 0 heterocycles. The Balaban J connectivity index is 1.49. The third-order valence-electron chi connectivity index (χ3n) is 4.24. The predicted octanol–water partition coefficient (Wildman–Crippen LogP) is 2.83. The quantitative estimate of drug-likeness (QED) is 0.601. The highest BCUT2D eigenvalue weighted by molar-refractivity contribution is 5.94. The Bertz CT molecular complexity index is 689. The van der Waals surface area contributed by atoms with Crippen LogP contribution in [-0.4, -0.2) is 43.4 Å². The zero-order valence-electron chi connectivity index (χ0n) is 16.0. The lowest BCUT2D eigenvalue weighted by Crippen LogP contribution is -2.29. The van der Waals surface area contributed by atoms with Gasteiger partial charge in [0.15, 0.2) is 0 Å². The Labute approximate surface area is 161 Å². The van der Waals surface area contributed by atoms with Crippen LogP contribution in [0.5, 0.6) is 0 Å². The summed E-state index contributed by atoms with van der Waals surface area (Å²) in [6.45, 7) is 3.02. The van der Waals surface area contributed by atoms with Gasteiger partial charge in [0.2, 0.25) is 5.91 Å². The molecule has 2 N–H and O–H groups in total. The van der Waals surface area contributed by atoms with Gasteiger partial charge in [0, 0.05) is 31.6 Å². The van der Waals surface area contributed by atoms with Crippen LogP contribution >= 0.6 is 0 Å². The van der Waals surface area contributed by atoms with Gasteiger partial charge >= 0.3 is 0 Å². The first-order valence-corrected chi connectivity index (χ1v) is 9.47. The molecule has 0 fully saturated rings. The van der Waals surface area contributed by atoms with Gasteiger partial charge in [0.25, 0.3) is 5.91 Å². The molecular weight excluding hydrogens is 338 g/mol. The van der Waals surface area contributed by atoms with Crippen molar-refractivity contribution in [3.05, 3.63) is 71.8 Å². The zero-order chi connectivity index (χ0) is 19.3. The molecule has 0 radical (unpaired) electrons. The highest BCUT2D eigenvalue weighted by atomic mass is 16.2. The standard InChI is InChI=1S/C22H29N3O2/c1-25(18-19-10-4-2-5-11-19)17-9-16-23-21(26)14-8-15-24-22(27)20-12-6-3-7-13-20/h2-7,10-13H,8-9,14-18H2,1H3,(H,23,26)(H,24,27). The minimum Gasteiger partial charge on any atom is -0.356 e. The maximum atomic E-state index is 11.9. The summed E-state index contributed by atoms with van der Waals surface area (Å²) in [6, 6.07) is 19.4. The van der Waals surface area contributed by atoms with E-state index >= 15 is 0 Å². The fourth-order valence-electron chi connectivity index (χ4n) is 2.78. The smallest absolute Gasteiger partial charge is 0.251 e. The lowest BCUT2D eigenvalue weighted by atomic mass is 10.2. The van der Waals surface area contributed by atoms with Gasteiger partial charge in [-0.05, 0) is 44.1 Å². The summed E-state index contributed by atoms with van der Waals surface area (Å²) in [4.78, 5) is 26.0. The van der Waals surface area contributed by atoms with Crippen molar-refractivity contribution >= 4 is 11.8 Å². The van der Waals surface area contributed by atoms with Crippen LogP contribution in [0.25, 0.3) is 0 Å². The molecule has 0 saturated heterocycles. The van der Waals surface area contributed by atoms with E-state index in [9.17, 15) is 9.59 Å². The first-order valence-electron chi connectivity index (χ1n) is 9.47. The molecule has 0 unspecified atom stereocenters. The summed E-state index contributed by atoms with van der Waals surface area (Å²) in [5.41, 5.74) is 1.93. The largest absolute Gasteiger partial charge is 0.356 e. The van der Waals surface area contributed by atoms with Crippen LogP contribution in [0.15, 0.2) is 60.7 Å². The number of hydrogen-bond acceptors (Lipinski definition) is 3. The minimum atomic E-state index is -0.0996. The van der Waals surface area contributed by atoms with Gasteiger partial charge in [-0.25, -0.2) is 0 Å². The van der Waals surface area contributed by atoms with E-state index in [1.807, 2.05) is 36.4 Å². The van der Waals surface area contributed by atoms with Crippen LogP contribution in [0, 0.1) is 0 Å². The van der Waals surface area contributed by atoms with Crippen molar-refractivity contribution in [3.8, 4) is 0 Å². The van der Waals surface area contributed by atoms with Crippen LogP contribution in [-0.2, 0) is 11.3 Å². The molecule has 0 aliphatic heterocycles. The first kappa shape index (κ1) is 20.6. The number of carbonyl (C=O) groups excluding carboxylic acids is 2. The molecule has 144 valence electrons. The molecule has 0 saturated carbocycles. The molecule has 2 aromatic rings. The Morgan fingerprint density at radius 3 is 2.19 bits per heavy atom. The van der Waals surface area contributed by atoms with Crippen LogP contribution in [0.3, 0.4) is 0 Å². The fraction of sp³-hybridized carbons (Fsp3) is 0.364. The Hall–Kier alpha value is -2.66. The van der Waals surface area contributed by atoms with Gasteiger partial charge in [0.05, 0.1) is 0 Å². The number of nitrogens with one attached hydrogen (secondary N) is 2. The lowest BCUT2D eigenvalue weighted by molar-refractivity contribution is -0.121. The molecule has 2 rings (SSSR count). The number of rotatable bonds is 11. The molecule has 2 aromatic carbocycles. The van der Waals surface area contributed by atoms with Crippen molar-refractivity contribution in [1.29, 1.82) is 0 Å². The number of carbonyl (C=O) groups is 2. The van der Waals surface area contributed by atoms with Crippen molar-refractivity contribution in [2.45, 2.75) is 25.8 Å². The summed E-state index contributed by atoms with van der Waals surface area (Å²) in [7, 11) is 2.09. The van der Waals surface area contributed by atoms with Gasteiger partial charge in [-0.1, -0.05) is 48.5 Å². The highest BCUT2D eigenvalue weighted by Crippen LogP contribution is 2.02. The second kappa shape index (κ2) is 11.9. The molecule has 0 spiro atoms. The number of benzene rings is 2. The van der Waals surface area contributed by atoms with E-state index in [0.717, 1.165) is 19.5 Å². The van der Waals surface area contributed by atoms with E-state index in [0.29, 0.717) is 31.5 Å². The van der Waals surface area contributed by atoms with Gasteiger partial charge < -0.3 is 15.5 Å². The van der Waals surface area contributed by atoms with Crippen molar-refractivity contribution < 1.29 is 9.59 Å². The van der Waals surface area contributed by atoms with Crippen molar-refractivity contribution in [3.63, 3.8) is 0 Å². The molecule has 5 nitrogen and oxygen atoms in total. The summed E-state index contributed by atoms with van der Waals surface area (Å²) in [5, 5.41) is 5.78. The van der Waals surface area contributed by atoms with Crippen LogP contribution in [0.4, 0.5) is 0 Å². The third-order valence-corrected chi connectivity index (χ3v) is 4.24. The average Bonchev–Trinajstić information content (AvgIpc) is 2.70. The zero-order valence-corrected chi connectivity index (χ0v) is 16.0. The number of nitrogens with zero attached hydrogens (tertiary/aromatic N) is 1. The second-order valence-corrected chi connectivity index (χ2v) is 6.65. The van der Waals surface area contributed by atoms with E-state index in [1.165, 1.54) is 5.56 Å². The molecule has 0 aromatic heterocycles. The van der Waals surface area contributed by atoms with Crippen LogP contribution in [0.1, 0.15) is 35.2 Å². The second-order valence-electron chi connectivity index (χ2n) is 6.65. The SMILES string of the molecule is CN(CCCNC(=O)CCCNC(=O)c1ccccc1)Cc1ccccc1. The first-order chi connectivity index (χ1) is 13.1. The summed E-state index contributed by atoms with van der Waals surface area (Å²) < 4.78 is 0. The van der Waals surface area contributed by atoms with E-state index in [-0.39, 0.29) is 11.8 Å². The lowest BCUT2D eigenvalue weighted by Gasteiger charge is -2.16. The Morgan fingerprint density at radius 1 is 0.852 bits per heavy atom. The van der Waals surface area contributed by atoms with Crippen LogP contribution in [0.2, 0.25) is 0 Å². The summed E-state index contributed by atoms with van der Waals surface area (Å²) >= 11 is 0. The Morgan fingerprint density at radius 2 is 1.48 bits per heavy atom. The van der Waals surface area contributed by atoms with Crippen molar-refractivity contribution in [1.82, 2.24) is 15.5 Å². The van der Waals surface area contributed by atoms with Crippen LogP contribution < -0.4 is 10.6 Å². The van der Waals surface area contributed by atoms with Crippen molar-refractivity contribution in [2.24, 2.45) is 0 Å². The monoisotopic (exact) mass is 367 g/mol. The molecule has 0 aliphatic rings. The molecular formula is C22H29N3O2. The predicted molar refractivity (Wildman–Crippen MR) is 108 cm³/mol. The van der Waals surface area contributed by atoms with Gasteiger partial charge in [-0.2, -0.15) is 0 Å². The fourth-order valence-corrected chi connectivity index (χ4v) is 2.78.